The molecule has 1 amide bonds. The van der Waals surface area contributed by atoms with Crippen molar-refractivity contribution in [3.8, 4) is 16.6 Å². The number of thiazole rings is 1. The van der Waals surface area contributed by atoms with Gasteiger partial charge < -0.3 is 9.64 Å². The number of aromatic nitrogens is 3. The second-order valence-electron chi connectivity index (χ2n) is 7.03. The van der Waals surface area contributed by atoms with Crippen LogP contribution in [-0.4, -0.2) is 63.9 Å². The SMILES string of the molecule is COc1ccc(F)cc1CN1CCN(C(=O)c2sc(-c3ncccn3)nc2C)CC1. The van der Waals surface area contributed by atoms with E-state index in [9.17, 15) is 9.18 Å². The van der Waals surface area contributed by atoms with Crippen LogP contribution in [0.2, 0.25) is 0 Å². The molecule has 1 fully saturated rings. The fraction of sp³-hybridized carbons (Fsp3) is 0.333. The standard InChI is InChI=1S/C21H22FN5O2S/c1-14-18(30-20(25-14)19-23-6-3-7-24-19)21(28)27-10-8-26(9-11-27)13-15-12-16(22)4-5-17(15)29-2/h3-7,12H,8-11,13H2,1-2H3. The van der Waals surface area contributed by atoms with Crippen LogP contribution in [-0.2, 0) is 6.54 Å². The van der Waals surface area contributed by atoms with Crippen molar-refractivity contribution in [1.82, 2.24) is 24.8 Å². The van der Waals surface area contributed by atoms with Crippen LogP contribution >= 0.6 is 11.3 Å². The van der Waals surface area contributed by atoms with Gasteiger partial charge in [0.2, 0.25) is 0 Å². The number of hydrogen-bond donors (Lipinski definition) is 0. The minimum Gasteiger partial charge on any atom is -0.496 e. The van der Waals surface area contributed by atoms with E-state index in [2.05, 4.69) is 19.9 Å². The molecule has 0 spiro atoms. The maximum atomic E-state index is 13.6. The summed E-state index contributed by atoms with van der Waals surface area (Å²) in [4.78, 5) is 30.6. The molecule has 0 unspecified atom stereocenters. The fourth-order valence-electron chi connectivity index (χ4n) is 3.46. The predicted molar refractivity (Wildman–Crippen MR) is 112 cm³/mol. The number of benzene rings is 1. The molecule has 0 radical (unpaired) electrons. The third-order valence-corrected chi connectivity index (χ3v) is 6.19. The summed E-state index contributed by atoms with van der Waals surface area (Å²) in [6.07, 6.45) is 3.32. The highest BCUT2D eigenvalue weighted by Crippen LogP contribution is 2.27. The molecule has 30 heavy (non-hydrogen) atoms. The second kappa shape index (κ2) is 8.85. The number of piperazine rings is 1. The summed E-state index contributed by atoms with van der Waals surface area (Å²) in [6, 6.07) is 6.29. The highest BCUT2D eigenvalue weighted by molar-refractivity contribution is 7.17. The first-order valence-electron chi connectivity index (χ1n) is 9.64. The number of aryl methyl sites for hydroxylation is 1. The largest absolute Gasteiger partial charge is 0.496 e. The number of amides is 1. The molecule has 0 bridgehead atoms. The van der Waals surface area contributed by atoms with Gasteiger partial charge in [0.15, 0.2) is 10.8 Å². The van der Waals surface area contributed by atoms with Crippen LogP contribution in [0.5, 0.6) is 5.75 Å². The van der Waals surface area contributed by atoms with E-state index in [1.165, 1.54) is 23.5 Å². The lowest BCUT2D eigenvalue weighted by Crippen LogP contribution is -2.48. The van der Waals surface area contributed by atoms with Crippen molar-refractivity contribution in [2.45, 2.75) is 13.5 Å². The molecule has 2 aromatic heterocycles. The van der Waals surface area contributed by atoms with Gasteiger partial charge in [0, 0.05) is 50.7 Å². The molecule has 0 atom stereocenters. The lowest BCUT2D eigenvalue weighted by Gasteiger charge is -2.34. The lowest BCUT2D eigenvalue weighted by atomic mass is 10.1. The number of nitrogens with zero attached hydrogens (tertiary/aromatic N) is 5. The van der Waals surface area contributed by atoms with Crippen molar-refractivity contribution >= 4 is 17.2 Å². The van der Waals surface area contributed by atoms with Crippen molar-refractivity contribution < 1.29 is 13.9 Å². The van der Waals surface area contributed by atoms with E-state index in [-0.39, 0.29) is 11.7 Å². The fourth-order valence-corrected chi connectivity index (χ4v) is 4.45. The van der Waals surface area contributed by atoms with Crippen LogP contribution < -0.4 is 4.74 Å². The topological polar surface area (TPSA) is 71.5 Å². The van der Waals surface area contributed by atoms with Crippen molar-refractivity contribution in [2.75, 3.05) is 33.3 Å². The zero-order chi connectivity index (χ0) is 21.1. The Bertz CT molecular complexity index is 1040. The summed E-state index contributed by atoms with van der Waals surface area (Å²) in [5.41, 5.74) is 1.50. The average Bonchev–Trinajstić information content (AvgIpc) is 3.16. The molecule has 4 rings (SSSR count). The van der Waals surface area contributed by atoms with Gasteiger partial charge in [-0.2, -0.15) is 0 Å². The zero-order valence-electron chi connectivity index (χ0n) is 16.8. The Balaban J connectivity index is 1.41. The normalized spacial score (nSPS) is 14.7. The highest BCUT2D eigenvalue weighted by atomic mass is 32.1. The molecule has 1 saturated heterocycles. The first-order valence-corrected chi connectivity index (χ1v) is 10.5. The first kappa shape index (κ1) is 20.4. The Hall–Kier alpha value is -2.91. The Labute approximate surface area is 178 Å². The van der Waals surface area contributed by atoms with E-state index < -0.39 is 0 Å². The van der Waals surface area contributed by atoms with E-state index in [1.54, 1.807) is 31.6 Å². The number of carbonyl (C=O) groups is 1. The summed E-state index contributed by atoms with van der Waals surface area (Å²) in [6.45, 7) is 5.03. The van der Waals surface area contributed by atoms with Gasteiger partial charge in [0.1, 0.15) is 16.4 Å². The molecule has 1 aromatic carbocycles. The number of hydrogen-bond acceptors (Lipinski definition) is 7. The second-order valence-corrected chi connectivity index (χ2v) is 8.03. The molecule has 9 heteroatoms. The van der Waals surface area contributed by atoms with Crippen molar-refractivity contribution in [3.05, 3.63) is 58.6 Å². The molecule has 3 aromatic rings. The van der Waals surface area contributed by atoms with E-state index in [0.717, 1.165) is 5.56 Å². The van der Waals surface area contributed by atoms with Gasteiger partial charge in [-0.05, 0) is 31.2 Å². The smallest absolute Gasteiger partial charge is 0.265 e. The van der Waals surface area contributed by atoms with Gasteiger partial charge in [0.25, 0.3) is 5.91 Å². The third-order valence-electron chi connectivity index (χ3n) is 5.04. The molecular formula is C21H22FN5O2S. The van der Waals surface area contributed by atoms with Gasteiger partial charge in [-0.3, -0.25) is 9.69 Å². The van der Waals surface area contributed by atoms with Crippen LogP contribution in [0, 0.1) is 12.7 Å². The minimum atomic E-state index is -0.279. The molecule has 1 aliphatic rings. The molecule has 0 aliphatic carbocycles. The van der Waals surface area contributed by atoms with Crippen molar-refractivity contribution in [1.29, 1.82) is 0 Å². The monoisotopic (exact) mass is 427 g/mol. The molecule has 7 nitrogen and oxygen atoms in total. The number of ether oxygens (including phenoxy) is 1. The first-order chi connectivity index (χ1) is 14.5. The minimum absolute atomic E-state index is 0.0184. The van der Waals surface area contributed by atoms with Gasteiger partial charge in [0.05, 0.1) is 12.8 Å². The Morgan fingerprint density at radius 1 is 1.20 bits per heavy atom. The summed E-state index contributed by atoms with van der Waals surface area (Å²) >= 11 is 1.33. The summed E-state index contributed by atoms with van der Waals surface area (Å²) in [7, 11) is 1.58. The summed E-state index contributed by atoms with van der Waals surface area (Å²) in [5, 5.41) is 0.647. The van der Waals surface area contributed by atoms with Crippen LogP contribution in [0.4, 0.5) is 4.39 Å². The number of methoxy groups -OCH3 is 1. The maximum absolute atomic E-state index is 13.6. The van der Waals surface area contributed by atoms with E-state index in [0.29, 0.717) is 59.9 Å². The number of rotatable bonds is 5. The Kier molecular flexibility index (Phi) is 6.01. The molecule has 156 valence electrons. The Morgan fingerprint density at radius 3 is 2.63 bits per heavy atom. The molecule has 3 heterocycles. The van der Waals surface area contributed by atoms with Gasteiger partial charge in [-0.1, -0.05) is 0 Å². The van der Waals surface area contributed by atoms with E-state index >= 15 is 0 Å². The molecule has 0 N–H and O–H groups in total. The number of halogens is 1. The van der Waals surface area contributed by atoms with Crippen molar-refractivity contribution in [3.63, 3.8) is 0 Å². The van der Waals surface area contributed by atoms with Gasteiger partial charge in [-0.25, -0.2) is 19.3 Å². The third kappa shape index (κ3) is 4.31. The van der Waals surface area contributed by atoms with Crippen LogP contribution in [0.15, 0.2) is 36.7 Å². The number of carbonyl (C=O) groups excluding carboxylic acids is 1. The summed E-state index contributed by atoms with van der Waals surface area (Å²) in [5.74, 6) is 0.901. The Morgan fingerprint density at radius 2 is 1.93 bits per heavy atom. The average molecular weight is 428 g/mol. The maximum Gasteiger partial charge on any atom is 0.265 e. The van der Waals surface area contributed by atoms with E-state index in [1.807, 2.05) is 11.8 Å². The predicted octanol–water partition coefficient (Wildman–Crippen LogP) is 3.01. The summed E-state index contributed by atoms with van der Waals surface area (Å²) < 4.78 is 19.0. The lowest BCUT2D eigenvalue weighted by molar-refractivity contribution is 0.0631. The molecular weight excluding hydrogens is 405 g/mol. The van der Waals surface area contributed by atoms with Gasteiger partial charge in [-0.15, -0.1) is 11.3 Å². The van der Waals surface area contributed by atoms with Crippen LogP contribution in [0.1, 0.15) is 20.9 Å². The highest BCUT2D eigenvalue weighted by Gasteiger charge is 2.26. The van der Waals surface area contributed by atoms with Crippen LogP contribution in [0.3, 0.4) is 0 Å². The van der Waals surface area contributed by atoms with Crippen molar-refractivity contribution in [2.24, 2.45) is 0 Å². The molecule has 1 aliphatic heterocycles. The van der Waals surface area contributed by atoms with E-state index in [4.69, 9.17) is 4.74 Å². The van der Waals surface area contributed by atoms with Crippen LogP contribution in [0.25, 0.3) is 10.8 Å². The van der Waals surface area contributed by atoms with Gasteiger partial charge >= 0.3 is 0 Å². The quantitative estimate of drug-likeness (QED) is 0.623. The molecule has 0 saturated carbocycles. The zero-order valence-corrected chi connectivity index (χ0v) is 17.7.